The van der Waals surface area contributed by atoms with Gasteiger partial charge < -0.3 is 5.32 Å². The van der Waals surface area contributed by atoms with Gasteiger partial charge in [0.25, 0.3) is 0 Å². The average Bonchev–Trinajstić information content (AvgIpc) is 2.33. The van der Waals surface area contributed by atoms with Crippen LogP contribution in [0.5, 0.6) is 0 Å². The van der Waals surface area contributed by atoms with Crippen molar-refractivity contribution in [1.82, 2.24) is 4.98 Å². The molecule has 17 heavy (non-hydrogen) atoms. The highest BCUT2D eigenvalue weighted by Crippen LogP contribution is 2.14. The number of rotatable bonds is 4. The standard InChI is InChI=1S/C13H12F2N2/c14-10-4-5-13(12(15)9-10)17-8-6-11-3-1-2-7-16-11/h1-5,7,9,17H,6,8H2. The number of halogens is 2. The molecular formula is C13H12F2N2. The van der Waals surface area contributed by atoms with Gasteiger partial charge in [0.15, 0.2) is 0 Å². The summed E-state index contributed by atoms with van der Waals surface area (Å²) < 4.78 is 25.9. The normalized spacial score (nSPS) is 10.2. The van der Waals surface area contributed by atoms with Gasteiger partial charge in [-0.3, -0.25) is 4.98 Å². The fourth-order valence-electron chi connectivity index (χ4n) is 1.50. The van der Waals surface area contributed by atoms with E-state index in [1.807, 2.05) is 18.2 Å². The fraction of sp³-hybridized carbons (Fsp3) is 0.154. The average molecular weight is 234 g/mol. The minimum atomic E-state index is -0.578. The zero-order valence-corrected chi connectivity index (χ0v) is 9.16. The molecule has 2 aromatic rings. The van der Waals surface area contributed by atoms with Gasteiger partial charge >= 0.3 is 0 Å². The molecule has 0 aliphatic heterocycles. The van der Waals surface area contributed by atoms with E-state index in [1.165, 1.54) is 12.1 Å². The van der Waals surface area contributed by atoms with Crippen molar-refractivity contribution in [3.05, 3.63) is 59.9 Å². The van der Waals surface area contributed by atoms with Crippen LogP contribution in [0.25, 0.3) is 0 Å². The van der Waals surface area contributed by atoms with Crippen LogP contribution in [-0.4, -0.2) is 11.5 Å². The maximum atomic E-state index is 13.3. The van der Waals surface area contributed by atoms with E-state index in [-0.39, 0.29) is 0 Å². The summed E-state index contributed by atoms with van der Waals surface area (Å²) in [6, 6.07) is 9.14. The Labute approximate surface area is 98.3 Å². The van der Waals surface area contributed by atoms with Crippen molar-refractivity contribution < 1.29 is 8.78 Å². The molecule has 1 N–H and O–H groups in total. The molecule has 0 spiro atoms. The topological polar surface area (TPSA) is 24.9 Å². The van der Waals surface area contributed by atoms with Gasteiger partial charge in [0, 0.05) is 30.9 Å². The van der Waals surface area contributed by atoms with Crippen LogP contribution in [-0.2, 0) is 6.42 Å². The summed E-state index contributed by atoms with van der Waals surface area (Å²) in [5.41, 5.74) is 1.24. The number of hydrogen-bond acceptors (Lipinski definition) is 2. The lowest BCUT2D eigenvalue weighted by molar-refractivity contribution is 0.585. The molecular weight excluding hydrogens is 222 g/mol. The number of nitrogens with zero attached hydrogens (tertiary/aromatic N) is 1. The number of pyridine rings is 1. The second kappa shape index (κ2) is 5.39. The van der Waals surface area contributed by atoms with Crippen LogP contribution in [0.15, 0.2) is 42.6 Å². The third kappa shape index (κ3) is 3.24. The zero-order valence-electron chi connectivity index (χ0n) is 9.16. The number of aromatic nitrogens is 1. The highest BCUT2D eigenvalue weighted by atomic mass is 19.1. The van der Waals surface area contributed by atoms with Crippen LogP contribution < -0.4 is 5.32 Å². The summed E-state index contributed by atoms with van der Waals surface area (Å²) in [5.74, 6) is -1.15. The molecule has 1 heterocycles. The van der Waals surface area contributed by atoms with E-state index in [2.05, 4.69) is 10.3 Å². The Morgan fingerprint density at radius 1 is 1.12 bits per heavy atom. The summed E-state index contributed by atoms with van der Waals surface area (Å²) >= 11 is 0. The quantitative estimate of drug-likeness (QED) is 0.879. The first-order chi connectivity index (χ1) is 8.25. The van der Waals surface area contributed by atoms with Gasteiger partial charge in [0.1, 0.15) is 11.6 Å². The molecule has 2 nitrogen and oxygen atoms in total. The number of anilines is 1. The molecule has 0 saturated carbocycles. The van der Waals surface area contributed by atoms with E-state index < -0.39 is 11.6 Å². The number of benzene rings is 1. The molecule has 0 aliphatic rings. The molecule has 0 aliphatic carbocycles. The summed E-state index contributed by atoms with van der Waals surface area (Å²) in [6.07, 6.45) is 2.41. The Morgan fingerprint density at radius 2 is 2.00 bits per heavy atom. The van der Waals surface area contributed by atoms with Gasteiger partial charge in [-0.15, -0.1) is 0 Å². The van der Waals surface area contributed by atoms with Gasteiger partial charge in [-0.05, 0) is 24.3 Å². The molecule has 0 saturated heterocycles. The molecule has 0 atom stereocenters. The molecule has 0 fully saturated rings. The Bertz CT molecular complexity index is 486. The minimum Gasteiger partial charge on any atom is -0.382 e. The van der Waals surface area contributed by atoms with Crippen LogP contribution in [0.4, 0.5) is 14.5 Å². The predicted octanol–water partition coefficient (Wildman–Crippen LogP) is 3.01. The molecule has 88 valence electrons. The van der Waals surface area contributed by atoms with E-state index in [1.54, 1.807) is 6.20 Å². The smallest absolute Gasteiger partial charge is 0.149 e. The first-order valence-corrected chi connectivity index (χ1v) is 5.34. The fourth-order valence-corrected chi connectivity index (χ4v) is 1.50. The van der Waals surface area contributed by atoms with Crippen molar-refractivity contribution in [3.8, 4) is 0 Å². The second-order valence-electron chi connectivity index (χ2n) is 3.62. The van der Waals surface area contributed by atoms with Gasteiger partial charge in [-0.25, -0.2) is 8.78 Å². The van der Waals surface area contributed by atoms with Crippen LogP contribution in [0.1, 0.15) is 5.69 Å². The first kappa shape index (κ1) is 11.5. The van der Waals surface area contributed by atoms with Crippen molar-refractivity contribution in [2.75, 3.05) is 11.9 Å². The molecule has 0 amide bonds. The zero-order chi connectivity index (χ0) is 12.1. The van der Waals surface area contributed by atoms with Gasteiger partial charge in [-0.1, -0.05) is 6.07 Å². The van der Waals surface area contributed by atoms with Crippen molar-refractivity contribution in [1.29, 1.82) is 0 Å². The summed E-state index contributed by atoms with van der Waals surface area (Å²) in [7, 11) is 0. The van der Waals surface area contributed by atoms with E-state index in [9.17, 15) is 8.78 Å². The number of nitrogens with one attached hydrogen (secondary N) is 1. The van der Waals surface area contributed by atoms with Crippen LogP contribution >= 0.6 is 0 Å². The Balaban J connectivity index is 1.90. The predicted molar refractivity (Wildman–Crippen MR) is 62.8 cm³/mol. The van der Waals surface area contributed by atoms with Gasteiger partial charge in [0.2, 0.25) is 0 Å². The van der Waals surface area contributed by atoms with E-state index in [4.69, 9.17) is 0 Å². The third-order valence-corrected chi connectivity index (χ3v) is 2.35. The Hall–Kier alpha value is -1.97. The van der Waals surface area contributed by atoms with E-state index in [0.717, 1.165) is 11.8 Å². The number of hydrogen-bond donors (Lipinski definition) is 1. The van der Waals surface area contributed by atoms with Gasteiger partial charge in [-0.2, -0.15) is 0 Å². The molecule has 1 aromatic heterocycles. The first-order valence-electron chi connectivity index (χ1n) is 5.34. The summed E-state index contributed by atoms with van der Waals surface area (Å²) in [6.45, 7) is 0.555. The molecule has 4 heteroatoms. The summed E-state index contributed by atoms with van der Waals surface area (Å²) in [4.78, 5) is 4.15. The van der Waals surface area contributed by atoms with Crippen LogP contribution in [0.3, 0.4) is 0 Å². The lowest BCUT2D eigenvalue weighted by Gasteiger charge is -2.07. The van der Waals surface area contributed by atoms with Crippen LogP contribution in [0.2, 0.25) is 0 Å². The van der Waals surface area contributed by atoms with Crippen molar-refractivity contribution >= 4 is 5.69 Å². The monoisotopic (exact) mass is 234 g/mol. The molecule has 0 radical (unpaired) electrons. The minimum absolute atomic E-state index is 0.308. The molecule has 0 bridgehead atoms. The van der Waals surface area contributed by atoms with Crippen LogP contribution in [0, 0.1) is 11.6 Å². The van der Waals surface area contributed by atoms with E-state index in [0.29, 0.717) is 18.7 Å². The SMILES string of the molecule is Fc1ccc(NCCc2ccccn2)c(F)c1. The maximum Gasteiger partial charge on any atom is 0.149 e. The Morgan fingerprint density at radius 3 is 2.71 bits per heavy atom. The van der Waals surface area contributed by atoms with E-state index >= 15 is 0 Å². The molecule has 0 unspecified atom stereocenters. The highest BCUT2D eigenvalue weighted by Gasteiger charge is 2.02. The largest absolute Gasteiger partial charge is 0.382 e. The lowest BCUT2D eigenvalue weighted by atomic mass is 10.2. The highest BCUT2D eigenvalue weighted by molar-refractivity contribution is 5.44. The maximum absolute atomic E-state index is 13.3. The van der Waals surface area contributed by atoms with Crippen molar-refractivity contribution in [3.63, 3.8) is 0 Å². The molecule has 1 aromatic carbocycles. The second-order valence-corrected chi connectivity index (χ2v) is 3.62. The summed E-state index contributed by atoms with van der Waals surface area (Å²) in [5, 5.41) is 2.91. The lowest BCUT2D eigenvalue weighted by Crippen LogP contribution is -2.07. The third-order valence-electron chi connectivity index (χ3n) is 2.35. The van der Waals surface area contributed by atoms with Gasteiger partial charge in [0.05, 0.1) is 5.69 Å². The van der Waals surface area contributed by atoms with Crippen molar-refractivity contribution in [2.24, 2.45) is 0 Å². The molecule has 2 rings (SSSR count). The van der Waals surface area contributed by atoms with Crippen molar-refractivity contribution in [2.45, 2.75) is 6.42 Å². The Kier molecular flexibility index (Phi) is 3.65.